The molecule has 10 heteroatoms. The second kappa shape index (κ2) is 6.78. The summed E-state index contributed by atoms with van der Waals surface area (Å²) in [7, 11) is 2.82. The number of amides is 1. The first kappa shape index (κ1) is 18.5. The van der Waals surface area contributed by atoms with E-state index in [0.717, 1.165) is 16.7 Å². The van der Waals surface area contributed by atoms with Gasteiger partial charge < -0.3 is 9.88 Å². The number of nitrogens with zero attached hydrogens (tertiary/aromatic N) is 4. The largest absolute Gasteiger partial charge is 0.348 e. The van der Waals surface area contributed by atoms with E-state index in [1.807, 2.05) is 0 Å². The molecule has 3 rings (SSSR count). The smallest absolute Gasteiger partial charge is 0.332 e. The third kappa shape index (κ3) is 3.25. The van der Waals surface area contributed by atoms with Gasteiger partial charge >= 0.3 is 5.69 Å². The third-order valence-electron chi connectivity index (χ3n) is 4.35. The van der Waals surface area contributed by atoms with Gasteiger partial charge in [0, 0.05) is 14.1 Å². The Morgan fingerprint density at radius 2 is 1.89 bits per heavy atom. The lowest BCUT2D eigenvalue weighted by Crippen LogP contribution is -2.38. The molecule has 0 aliphatic rings. The minimum atomic E-state index is -1.00. The average Bonchev–Trinajstić information content (AvgIpc) is 3.03. The highest BCUT2D eigenvalue weighted by atomic mass is 19.2. The predicted octanol–water partition coefficient (Wildman–Crippen LogP) is 0.589. The van der Waals surface area contributed by atoms with Gasteiger partial charge in [0.15, 0.2) is 22.8 Å². The fraction of sp³-hybridized carbons (Fsp3) is 0.294. The molecule has 142 valence electrons. The van der Waals surface area contributed by atoms with Crippen molar-refractivity contribution in [3.63, 3.8) is 0 Å². The van der Waals surface area contributed by atoms with E-state index in [4.69, 9.17) is 0 Å². The standard InChI is InChI=1S/C17H17F2N5O3/c1-9(10-4-5-11(18)12(19)6-10)21-13(25)7-24-8-20-15-14(24)16(26)23(3)17(27)22(15)2/h4-6,8-9H,7H2,1-3H3,(H,21,25)/t9-/m1/s1. The molecule has 2 aromatic heterocycles. The fourth-order valence-electron chi connectivity index (χ4n) is 2.82. The van der Waals surface area contributed by atoms with E-state index in [-0.39, 0.29) is 17.7 Å². The van der Waals surface area contributed by atoms with Gasteiger partial charge in [-0.3, -0.25) is 18.7 Å². The minimum Gasteiger partial charge on any atom is -0.348 e. The summed E-state index contributed by atoms with van der Waals surface area (Å²) < 4.78 is 29.9. The van der Waals surface area contributed by atoms with Crippen LogP contribution < -0.4 is 16.6 Å². The van der Waals surface area contributed by atoms with E-state index in [1.165, 1.54) is 35.6 Å². The number of aryl methyl sites for hydroxylation is 1. The molecule has 2 heterocycles. The monoisotopic (exact) mass is 377 g/mol. The Kier molecular flexibility index (Phi) is 4.64. The molecule has 0 radical (unpaired) electrons. The van der Waals surface area contributed by atoms with Gasteiger partial charge in [0.2, 0.25) is 5.91 Å². The number of nitrogens with one attached hydrogen (secondary N) is 1. The van der Waals surface area contributed by atoms with Crippen LogP contribution in [0.2, 0.25) is 0 Å². The van der Waals surface area contributed by atoms with E-state index in [0.29, 0.717) is 5.56 Å². The molecule has 0 saturated heterocycles. The Morgan fingerprint density at radius 3 is 2.56 bits per heavy atom. The summed E-state index contributed by atoms with van der Waals surface area (Å²) in [6, 6.07) is 2.80. The molecule has 1 N–H and O–H groups in total. The van der Waals surface area contributed by atoms with Crippen LogP contribution in [0.4, 0.5) is 8.78 Å². The second-order valence-electron chi connectivity index (χ2n) is 6.21. The molecule has 0 aliphatic carbocycles. The van der Waals surface area contributed by atoms with Crippen LogP contribution in [0.1, 0.15) is 18.5 Å². The van der Waals surface area contributed by atoms with Crippen LogP contribution in [0.5, 0.6) is 0 Å². The van der Waals surface area contributed by atoms with Crippen molar-refractivity contribution in [2.24, 2.45) is 14.1 Å². The van der Waals surface area contributed by atoms with Crippen LogP contribution in [0.25, 0.3) is 11.2 Å². The Labute approximate surface area is 151 Å². The zero-order chi connectivity index (χ0) is 19.9. The van der Waals surface area contributed by atoms with Crippen molar-refractivity contribution >= 4 is 17.1 Å². The number of hydrogen-bond donors (Lipinski definition) is 1. The Balaban J connectivity index is 1.85. The molecule has 1 atom stereocenters. The van der Waals surface area contributed by atoms with Gasteiger partial charge in [-0.15, -0.1) is 0 Å². The molecule has 0 aliphatic heterocycles. The number of halogens is 2. The SMILES string of the molecule is C[C@@H](NC(=O)Cn1cnc2c1c(=O)n(C)c(=O)n2C)c1ccc(F)c(F)c1. The number of benzene rings is 1. The molecule has 0 spiro atoms. The van der Waals surface area contributed by atoms with Gasteiger partial charge in [-0.2, -0.15) is 0 Å². The molecule has 0 fully saturated rings. The van der Waals surface area contributed by atoms with E-state index < -0.39 is 34.8 Å². The number of imidazole rings is 1. The summed E-state index contributed by atoms with van der Waals surface area (Å²) in [4.78, 5) is 40.7. The zero-order valence-electron chi connectivity index (χ0n) is 14.9. The number of rotatable bonds is 4. The zero-order valence-corrected chi connectivity index (χ0v) is 14.9. The Morgan fingerprint density at radius 1 is 1.19 bits per heavy atom. The number of carbonyl (C=O) groups excluding carboxylic acids is 1. The molecule has 8 nitrogen and oxygen atoms in total. The maximum absolute atomic E-state index is 13.3. The van der Waals surface area contributed by atoms with E-state index >= 15 is 0 Å². The first-order valence-electron chi connectivity index (χ1n) is 8.06. The van der Waals surface area contributed by atoms with Gasteiger partial charge in [-0.1, -0.05) is 6.07 Å². The van der Waals surface area contributed by atoms with Gasteiger partial charge in [-0.25, -0.2) is 18.6 Å². The molecule has 0 saturated carbocycles. The predicted molar refractivity (Wildman–Crippen MR) is 93.1 cm³/mol. The normalized spacial score (nSPS) is 12.3. The van der Waals surface area contributed by atoms with Gasteiger partial charge in [0.1, 0.15) is 6.54 Å². The van der Waals surface area contributed by atoms with Crippen molar-refractivity contribution < 1.29 is 13.6 Å². The Hall–Kier alpha value is -3.30. The van der Waals surface area contributed by atoms with Crippen LogP contribution in [-0.4, -0.2) is 24.6 Å². The summed E-state index contributed by atoms with van der Waals surface area (Å²) in [5, 5.41) is 2.65. The van der Waals surface area contributed by atoms with Crippen molar-refractivity contribution in [1.29, 1.82) is 0 Å². The van der Waals surface area contributed by atoms with Crippen molar-refractivity contribution in [3.8, 4) is 0 Å². The number of fused-ring (bicyclic) bond motifs is 1. The highest BCUT2D eigenvalue weighted by molar-refractivity contribution is 5.79. The van der Waals surface area contributed by atoms with Crippen LogP contribution in [0.3, 0.4) is 0 Å². The highest BCUT2D eigenvalue weighted by Gasteiger charge is 2.17. The van der Waals surface area contributed by atoms with Crippen molar-refractivity contribution in [2.75, 3.05) is 0 Å². The lowest BCUT2D eigenvalue weighted by atomic mass is 10.1. The number of hydrogen-bond acceptors (Lipinski definition) is 4. The summed E-state index contributed by atoms with van der Waals surface area (Å²) in [6.07, 6.45) is 1.30. The lowest BCUT2D eigenvalue weighted by molar-refractivity contribution is -0.122. The third-order valence-corrected chi connectivity index (χ3v) is 4.35. The average molecular weight is 377 g/mol. The minimum absolute atomic E-state index is 0.121. The van der Waals surface area contributed by atoms with Crippen molar-refractivity contribution in [2.45, 2.75) is 19.5 Å². The summed E-state index contributed by atoms with van der Waals surface area (Å²) in [6.45, 7) is 1.40. The molecule has 27 heavy (non-hydrogen) atoms. The lowest BCUT2D eigenvalue weighted by Gasteiger charge is -2.15. The van der Waals surface area contributed by atoms with Gasteiger partial charge in [0.25, 0.3) is 5.56 Å². The Bertz CT molecular complexity index is 1160. The van der Waals surface area contributed by atoms with E-state index in [1.54, 1.807) is 6.92 Å². The second-order valence-corrected chi connectivity index (χ2v) is 6.21. The van der Waals surface area contributed by atoms with Gasteiger partial charge in [0.05, 0.1) is 12.4 Å². The van der Waals surface area contributed by atoms with Gasteiger partial charge in [-0.05, 0) is 24.6 Å². The first-order chi connectivity index (χ1) is 12.7. The van der Waals surface area contributed by atoms with Crippen LogP contribution >= 0.6 is 0 Å². The van der Waals surface area contributed by atoms with Crippen molar-refractivity contribution in [3.05, 3.63) is 62.6 Å². The molecule has 0 unspecified atom stereocenters. The topological polar surface area (TPSA) is 90.9 Å². The molecule has 3 aromatic rings. The summed E-state index contributed by atoms with van der Waals surface area (Å²) >= 11 is 0. The molecule has 0 bridgehead atoms. The number of aromatic nitrogens is 4. The highest BCUT2D eigenvalue weighted by Crippen LogP contribution is 2.16. The summed E-state index contributed by atoms with van der Waals surface area (Å²) in [5.41, 5.74) is -0.392. The number of carbonyl (C=O) groups is 1. The van der Waals surface area contributed by atoms with E-state index in [2.05, 4.69) is 10.3 Å². The maximum atomic E-state index is 13.3. The molecular weight excluding hydrogens is 360 g/mol. The van der Waals surface area contributed by atoms with Crippen molar-refractivity contribution in [1.82, 2.24) is 24.0 Å². The molecule has 1 aromatic carbocycles. The van der Waals surface area contributed by atoms with Crippen LogP contribution in [0, 0.1) is 11.6 Å². The van der Waals surface area contributed by atoms with Crippen LogP contribution in [0.15, 0.2) is 34.1 Å². The first-order valence-corrected chi connectivity index (χ1v) is 8.06. The van der Waals surface area contributed by atoms with Crippen LogP contribution in [-0.2, 0) is 25.4 Å². The fourth-order valence-corrected chi connectivity index (χ4v) is 2.82. The van der Waals surface area contributed by atoms with E-state index in [9.17, 15) is 23.2 Å². The quantitative estimate of drug-likeness (QED) is 0.721. The maximum Gasteiger partial charge on any atom is 0.332 e. The molecule has 1 amide bonds. The molecular formula is C17H17F2N5O3. The summed E-state index contributed by atoms with van der Waals surface area (Å²) in [5.74, 6) is -2.43.